The predicted molar refractivity (Wildman–Crippen MR) is 132 cm³/mol. The van der Waals surface area contributed by atoms with Crippen LogP contribution < -0.4 is 27.4 Å². The molecule has 0 aromatic rings. The molecule has 11 heteroatoms. The Hall–Kier alpha value is -1.85. The Balaban J connectivity index is 5.29. The number of aliphatic carboxylic acids is 1. The van der Waals surface area contributed by atoms with Crippen molar-refractivity contribution < 1.29 is 24.3 Å². The van der Waals surface area contributed by atoms with Crippen LogP contribution in [0.25, 0.3) is 0 Å². The Labute approximate surface area is 201 Å². The lowest BCUT2D eigenvalue weighted by atomic mass is 10.00. The van der Waals surface area contributed by atoms with E-state index in [1.165, 1.54) is 11.8 Å². The summed E-state index contributed by atoms with van der Waals surface area (Å²) in [7, 11) is 0. The van der Waals surface area contributed by atoms with Gasteiger partial charge < -0.3 is 32.5 Å². The molecule has 0 radical (unpaired) electrons. The van der Waals surface area contributed by atoms with Gasteiger partial charge in [-0.3, -0.25) is 14.4 Å². The predicted octanol–water partition coefficient (Wildman–Crippen LogP) is 0.437. The maximum absolute atomic E-state index is 13.0. The molecule has 0 rings (SSSR count). The first-order valence-corrected chi connectivity index (χ1v) is 12.9. The van der Waals surface area contributed by atoms with E-state index in [0.717, 1.165) is 6.42 Å². The number of unbranched alkanes of at least 4 members (excludes halogenated alkanes) is 1. The first-order chi connectivity index (χ1) is 15.4. The molecule has 3 amide bonds. The third-order valence-electron chi connectivity index (χ3n) is 5.12. The zero-order valence-corrected chi connectivity index (χ0v) is 21.4. The molecule has 10 nitrogen and oxygen atoms in total. The first kappa shape index (κ1) is 31.1. The molecule has 0 aliphatic heterocycles. The van der Waals surface area contributed by atoms with Gasteiger partial charge in [0.05, 0.1) is 6.04 Å². The Morgan fingerprint density at radius 2 is 1.48 bits per heavy atom. The van der Waals surface area contributed by atoms with Crippen molar-refractivity contribution in [2.45, 2.75) is 84.0 Å². The summed E-state index contributed by atoms with van der Waals surface area (Å²) in [5, 5.41) is 17.3. The van der Waals surface area contributed by atoms with Crippen molar-refractivity contribution in [3.63, 3.8) is 0 Å². The lowest BCUT2D eigenvalue weighted by molar-refractivity contribution is -0.143. The molecule has 0 bridgehead atoms. The average molecular weight is 490 g/mol. The number of carbonyl (C=O) groups is 4. The summed E-state index contributed by atoms with van der Waals surface area (Å²) in [4.78, 5) is 49.8. The van der Waals surface area contributed by atoms with Gasteiger partial charge in [0.25, 0.3) is 0 Å². The summed E-state index contributed by atoms with van der Waals surface area (Å²) >= 11 is 1.53. The second kappa shape index (κ2) is 16.7. The number of hydrogen-bond acceptors (Lipinski definition) is 7. The zero-order chi connectivity index (χ0) is 25.6. The molecule has 0 aromatic heterocycles. The van der Waals surface area contributed by atoms with Crippen molar-refractivity contribution in [1.29, 1.82) is 0 Å². The molecular formula is C22H43N5O5S. The average Bonchev–Trinajstić information content (AvgIpc) is 2.73. The van der Waals surface area contributed by atoms with Crippen molar-refractivity contribution >= 4 is 35.5 Å². The first-order valence-electron chi connectivity index (χ1n) is 11.5. The van der Waals surface area contributed by atoms with Gasteiger partial charge in [-0.2, -0.15) is 11.8 Å². The molecule has 0 aliphatic rings. The van der Waals surface area contributed by atoms with Crippen LogP contribution in [-0.2, 0) is 19.2 Å². The Kier molecular flexibility index (Phi) is 15.8. The van der Waals surface area contributed by atoms with Gasteiger partial charge in [0.15, 0.2) is 0 Å². The van der Waals surface area contributed by atoms with Crippen molar-refractivity contribution in [2.24, 2.45) is 23.3 Å². The number of nitrogens with two attached hydrogens (primary N) is 2. The minimum absolute atomic E-state index is 0.0682. The summed E-state index contributed by atoms with van der Waals surface area (Å²) in [5.74, 6) is -2.23. The lowest BCUT2D eigenvalue weighted by Gasteiger charge is -2.27. The van der Waals surface area contributed by atoms with E-state index in [1.54, 1.807) is 13.8 Å². The Bertz CT molecular complexity index is 632. The maximum atomic E-state index is 13.0. The molecule has 4 atom stereocenters. The van der Waals surface area contributed by atoms with Gasteiger partial charge in [0, 0.05) is 0 Å². The van der Waals surface area contributed by atoms with Crippen LogP contribution in [-0.4, -0.2) is 71.5 Å². The molecule has 0 spiro atoms. The number of thioether (sulfide) groups is 1. The molecule has 33 heavy (non-hydrogen) atoms. The smallest absolute Gasteiger partial charge is 0.326 e. The number of carboxylic acid groups (broad SMARTS) is 1. The summed E-state index contributed by atoms with van der Waals surface area (Å²) < 4.78 is 0. The zero-order valence-electron chi connectivity index (χ0n) is 20.6. The Morgan fingerprint density at radius 3 is 1.97 bits per heavy atom. The molecular weight excluding hydrogens is 446 g/mol. The van der Waals surface area contributed by atoms with Gasteiger partial charge in [-0.25, -0.2) is 4.79 Å². The van der Waals surface area contributed by atoms with E-state index < -0.39 is 47.9 Å². The lowest BCUT2D eigenvalue weighted by Crippen LogP contribution is -2.58. The fraction of sp³-hybridized carbons (Fsp3) is 0.818. The van der Waals surface area contributed by atoms with Gasteiger partial charge >= 0.3 is 5.97 Å². The van der Waals surface area contributed by atoms with Crippen molar-refractivity contribution in [3.8, 4) is 0 Å². The Morgan fingerprint density at radius 1 is 0.879 bits per heavy atom. The summed E-state index contributed by atoms with van der Waals surface area (Å²) in [6, 6.07) is -3.60. The van der Waals surface area contributed by atoms with E-state index in [-0.39, 0.29) is 18.3 Å². The third kappa shape index (κ3) is 12.8. The fourth-order valence-corrected chi connectivity index (χ4v) is 3.64. The van der Waals surface area contributed by atoms with Gasteiger partial charge in [-0.1, -0.05) is 34.1 Å². The largest absolute Gasteiger partial charge is 0.480 e. The van der Waals surface area contributed by atoms with E-state index in [1.807, 2.05) is 20.1 Å². The number of carbonyl (C=O) groups excluding carboxylic acids is 3. The molecule has 0 saturated carbocycles. The molecule has 0 aromatic carbocycles. The topological polar surface area (TPSA) is 177 Å². The van der Waals surface area contributed by atoms with Gasteiger partial charge in [0.2, 0.25) is 17.7 Å². The van der Waals surface area contributed by atoms with Crippen LogP contribution in [0.3, 0.4) is 0 Å². The number of hydrogen-bond donors (Lipinski definition) is 6. The van der Waals surface area contributed by atoms with Gasteiger partial charge in [0.1, 0.15) is 18.1 Å². The minimum Gasteiger partial charge on any atom is -0.480 e. The van der Waals surface area contributed by atoms with Crippen LogP contribution in [0.15, 0.2) is 0 Å². The normalized spacial score (nSPS) is 14.9. The number of amides is 3. The monoisotopic (exact) mass is 489 g/mol. The van der Waals surface area contributed by atoms with Crippen molar-refractivity contribution in [3.05, 3.63) is 0 Å². The summed E-state index contributed by atoms with van der Waals surface area (Å²) in [5.41, 5.74) is 11.4. The van der Waals surface area contributed by atoms with E-state index in [2.05, 4.69) is 16.0 Å². The molecule has 8 N–H and O–H groups in total. The number of carboxylic acids is 1. The fourth-order valence-electron chi connectivity index (χ4n) is 3.17. The second-order valence-electron chi connectivity index (χ2n) is 8.99. The van der Waals surface area contributed by atoms with E-state index >= 15 is 0 Å². The van der Waals surface area contributed by atoms with Crippen molar-refractivity contribution in [1.82, 2.24) is 16.0 Å². The summed E-state index contributed by atoms with van der Waals surface area (Å²) in [6.45, 7) is 7.76. The number of nitrogens with one attached hydrogen (secondary N) is 3. The van der Waals surface area contributed by atoms with Crippen molar-refractivity contribution in [2.75, 3.05) is 18.6 Å². The molecule has 0 fully saturated rings. The second-order valence-corrected chi connectivity index (χ2v) is 9.98. The molecule has 0 saturated heterocycles. The SMILES string of the molecule is CSCCC(NC(=O)C(N)CCCCN)C(=O)NC(C(=O)NC(CC(C)C)C(=O)O)C(C)C. The minimum atomic E-state index is -1.13. The molecule has 0 aliphatic carbocycles. The van der Waals surface area contributed by atoms with Crippen LogP contribution in [0.4, 0.5) is 0 Å². The highest BCUT2D eigenvalue weighted by Gasteiger charge is 2.31. The highest BCUT2D eigenvalue weighted by molar-refractivity contribution is 7.98. The maximum Gasteiger partial charge on any atom is 0.326 e. The van der Waals surface area contributed by atoms with Gasteiger partial charge in [-0.15, -0.1) is 0 Å². The standard InChI is InChI=1S/C22H43N5O5S/c1-13(2)12-17(22(31)32)26-21(30)18(14(3)4)27-20(29)16(9-11-33-5)25-19(28)15(24)8-6-7-10-23/h13-18H,6-12,23-24H2,1-5H3,(H,25,28)(H,26,30)(H,27,29)(H,31,32). The van der Waals surface area contributed by atoms with Crippen LogP contribution in [0, 0.1) is 11.8 Å². The van der Waals surface area contributed by atoms with E-state index in [0.29, 0.717) is 31.6 Å². The van der Waals surface area contributed by atoms with Crippen LogP contribution in [0.2, 0.25) is 0 Å². The van der Waals surface area contributed by atoms with Crippen LogP contribution >= 0.6 is 11.8 Å². The highest BCUT2D eigenvalue weighted by Crippen LogP contribution is 2.09. The third-order valence-corrected chi connectivity index (χ3v) is 5.76. The van der Waals surface area contributed by atoms with E-state index in [9.17, 15) is 24.3 Å². The molecule has 192 valence electrons. The quantitative estimate of drug-likeness (QED) is 0.159. The van der Waals surface area contributed by atoms with E-state index in [4.69, 9.17) is 11.5 Å². The van der Waals surface area contributed by atoms with Crippen LogP contribution in [0.1, 0.15) is 59.8 Å². The van der Waals surface area contributed by atoms with Gasteiger partial charge in [-0.05, 0) is 56.1 Å². The number of rotatable bonds is 17. The molecule has 4 unspecified atom stereocenters. The molecule has 0 heterocycles. The highest BCUT2D eigenvalue weighted by atomic mass is 32.2. The summed E-state index contributed by atoms with van der Waals surface area (Å²) in [6.07, 6.45) is 4.46. The van der Waals surface area contributed by atoms with Crippen LogP contribution in [0.5, 0.6) is 0 Å².